The minimum Gasteiger partial charge on any atom is -0.493 e. The van der Waals surface area contributed by atoms with Crippen molar-refractivity contribution in [1.82, 2.24) is 5.32 Å². The predicted molar refractivity (Wildman–Crippen MR) is 106 cm³/mol. The van der Waals surface area contributed by atoms with E-state index in [0.717, 1.165) is 41.9 Å². The zero-order chi connectivity index (χ0) is 20.1. The number of hydrogen-bond donors (Lipinski definition) is 1. The van der Waals surface area contributed by atoms with Gasteiger partial charge in [0.1, 0.15) is 23.1 Å². The molecule has 28 heavy (non-hydrogen) atoms. The van der Waals surface area contributed by atoms with E-state index < -0.39 is 5.54 Å². The van der Waals surface area contributed by atoms with Gasteiger partial charge in [-0.25, -0.2) is 4.79 Å². The lowest BCUT2D eigenvalue weighted by molar-refractivity contribution is -0.152. The second kappa shape index (κ2) is 8.67. The lowest BCUT2D eigenvalue weighted by Gasteiger charge is -2.27. The number of ether oxygens (including phenoxy) is 3. The van der Waals surface area contributed by atoms with Crippen molar-refractivity contribution in [3.05, 3.63) is 29.3 Å². The highest BCUT2D eigenvalue weighted by molar-refractivity contribution is 5.96. The fraction of sp³-hybridized carbons (Fsp3) is 0.545. The van der Waals surface area contributed by atoms with Crippen molar-refractivity contribution in [1.29, 1.82) is 0 Å². The Bertz CT molecular complexity index is 764. The summed E-state index contributed by atoms with van der Waals surface area (Å²) in [6.45, 7) is 6.57. The van der Waals surface area contributed by atoms with Crippen molar-refractivity contribution in [2.75, 3.05) is 13.2 Å². The number of carbonyl (C=O) groups excluding carboxylic acids is 2. The number of esters is 1. The SMILES string of the molecule is CCOC(=O)C1(NC(=O)/C=C/c2cc3c(cc2OCC)CC(C)O3)CCCC1. The van der Waals surface area contributed by atoms with Crippen LogP contribution < -0.4 is 14.8 Å². The van der Waals surface area contributed by atoms with E-state index in [-0.39, 0.29) is 18.0 Å². The number of rotatable bonds is 7. The van der Waals surface area contributed by atoms with Crippen LogP contribution >= 0.6 is 0 Å². The number of fused-ring (bicyclic) bond motifs is 1. The van der Waals surface area contributed by atoms with Crippen molar-refractivity contribution in [2.45, 2.75) is 64.5 Å². The molecule has 1 atom stereocenters. The molecule has 1 heterocycles. The summed E-state index contributed by atoms with van der Waals surface area (Å²) in [5.41, 5.74) is 0.989. The third-order valence-electron chi connectivity index (χ3n) is 5.23. The summed E-state index contributed by atoms with van der Waals surface area (Å²) in [6.07, 6.45) is 7.17. The maximum absolute atomic E-state index is 12.6. The van der Waals surface area contributed by atoms with Gasteiger partial charge in [-0.1, -0.05) is 12.8 Å². The van der Waals surface area contributed by atoms with Crippen LogP contribution in [0, 0.1) is 0 Å². The molecule has 1 N–H and O–H groups in total. The van der Waals surface area contributed by atoms with Crippen molar-refractivity contribution < 1.29 is 23.8 Å². The van der Waals surface area contributed by atoms with Crippen LogP contribution in [0.15, 0.2) is 18.2 Å². The molecule has 1 saturated carbocycles. The van der Waals surface area contributed by atoms with Gasteiger partial charge < -0.3 is 19.5 Å². The van der Waals surface area contributed by atoms with E-state index in [9.17, 15) is 9.59 Å². The first-order valence-corrected chi connectivity index (χ1v) is 10.1. The summed E-state index contributed by atoms with van der Waals surface area (Å²) in [6, 6.07) is 3.89. The average Bonchev–Trinajstić information content (AvgIpc) is 3.26. The molecule has 1 aromatic carbocycles. The molecule has 1 unspecified atom stereocenters. The van der Waals surface area contributed by atoms with Crippen LogP contribution in [0.25, 0.3) is 6.08 Å². The second-order valence-electron chi connectivity index (χ2n) is 7.40. The van der Waals surface area contributed by atoms with Gasteiger partial charge >= 0.3 is 5.97 Å². The van der Waals surface area contributed by atoms with Crippen LogP contribution in [0.5, 0.6) is 11.5 Å². The first-order valence-electron chi connectivity index (χ1n) is 10.1. The molecule has 152 valence electrons. The molecule has 1 amide bonds. The molecular weight excluding hydrogens is 358 g/mol. The summed E-state index contributed by atoms with van der Waals surface area (Å²) in [5, 5.41) is 2.89. The van der Waals surface area contributed by atoms with Crippen LogP contribution in [0.2, 0.25) is 0 Å². The van der Waals surface area contributed by atoms with Gasteiger partial charge in [-0.2, -0.15) is 0 Å². The molecule has 0 spiro atoms. The Labute approximate surface area is 166 Å². The van der Waals surface area contributed by atoms with Crippen LogP contribution in [0.4, 0.5) is 0 Å². The standard InChI is InChI=1S/C22H29NO5/c1-4-26-18-14-17-12-15(3)28-19(17)13-16(18)8-9-20(24)23-22(10-6-7-11-22)21(25)27-5-2/h8-9,13-15H,4-7,10-12H2,1-3H3,(H,23,24)/b9-8+. The number of nitrogens with one attached hydrogen (secondary N) is 1. The third-order valence-corrected chi connectivity index (χ3v) is 5.23. The molecule has 1 fully saturated rings. The highest BCUT2D eigenvalue weighted by atomic mass is 16.5. The van der Waals surface area contributed by atoms with Crippen molar-refractivity contribution in [2.24, 2.45) is 0 Å². The number of benzene rings is 1. The number of hydrogen-bond acceptors (Lipinski definition) is 5. The lowest BCUT2D eigenvalue weighted by Crippen LogP contribution is -2.52. The van der Waals surface area contributed by atoms with Gasteiger partial charge in [0.15, 0.2) is 0 Å². The number of carbonyl (C=O) groups is 2. The molecule has 0 radical (unpaired) electrons. The molecule has 0 aromatic heterocycles. The molecular formula is C22H29NO5. The first kappa shape index (κ1) is 20.2. The Kier molecular flexibility index (Phi) is 6.27. The Morgan fingerprint density at radius 1 is 1.25 bits per heavy atom. The number of amides is 1. The molecule has 3 rings (SSSR count). The highest BCUT2D eigenvalue weighted by Gasteiger charge is 2.43. The fourth-order valence-electron chi connectivity index (χ4n) is 3.94. The fourth-order valence-corrected chi connectivity index (χ4v) is 3.94. The minimum absolute atomic E-state index is 0.138. The van der Waals surface area contributed by atoms with Gasteiger partial charge in [0.05, 0.1) is 13.2 Å². The zero-order valence-corrected chi connectivity index (χ0v) is 16.9. The van der Waals surface area contributed by atoms with Crippen LogP contribution in [-0.2, 0) is 20.7 Å². The summed E-state index contributed by atoms with van der Waals surface area (Å²) in [4.78, 5) is 24.9. The maximum atomic E-state index is 12.6. The Hall–Kier alpha value is -2.50. The summed E-state index contributed by atoms with van der Waals surface area (Å²) < 4.78 is 16.7. The molecule has 2 aliphatic rings. The van der Waals surface area contributed by atoms with E-state index in [2.05, 4.69) is 5.32 Å². The molecule has 6 heteroatoms. The van der Waals surface area contributed by atoms with E-state index in [0.29, 0.717) is 26.1 Å². The van der Waals surface area contributed by atoms with Crippen molar-refractivity contribution in [3.63, 3.8) is 0 Å². The molecule has 0 bridgehead atoms. The Balaban J connectivity index is 1.76. The van der Waals surface area contributed by atoms with E-state index in [1.165, 1.54) is 6.08 Å². The normalized spacial score (nSPS) is 19.9. The quantitative estimate of drug-likeness (QED) is 0.573. The Morgan fingerprint density at radius 3 is 2.68 bits per heavy atom. The lowest BCUT2D eigenvalue weighted by atomic mass is 9.97. The van der Waals surface area contributed by atoms with Crippen molar-refractivity contribution >= 4 is 18.0 Å². The van der Waals surface area contributed by atoms with Gasteiger partial charge in [0.2, 0.25) is 5.91 Å². The van der Waals surface area contributed by atoms with Crippen LogP contribution in [0.3, 0.4) is 0 Å². The van der Waals surface area contributed by atoms with E-state index in [1.807, 2.05) is 26.0 Å². The minimum atomic E-state index is -0.906. The largest absolute Gasteiger partial charge is 0.493 e. The van der Waals surface area contributed by atoms with E-state index in [1.54, 1.807) is 13.0 Å². The van der Waals surface area contributed by atoms with Gasteiger partial charge in [0.25, 0.3) is 0 Å². The monoisotopic (exact) mass is 387 g/mol. The average molecular weight is 387 g/mol. The van der Waals surface area contributed by atoms with Gasteiger partial charge in [0, 0.05) is 23.6 Å². The molecule has 1 aromatic rings. The maximum Gasteiger partial charge on any atom is 0.331 e. The molecule has 6 nitrogen and oxygen atoms in total. The van der Waals surface area contributed by atoms with Crippen molar-refractivity contribution in [3.8, 4) is 11.5 Å². The van der Waals surface area contributed by atoms with Gasteiger partial charge in [-0.05, 0) is 51.8 Å². The molecule has 1 aliphatic carbocycles. The third kappa shape index (κ3) is 4.32. The summed E-state index contributed by atoms with van der Waals surface area (Å²) in [7, 11) is 0. The van der Waals surface area contributed by atoms with Crippen LogP contribution in [0.1, 0.15) is 57.6 Å². The Morgan fingerprint density at radius 2 is 2.00 bits per heavy atom. The van der Waals surface area contributed by atoms with E-state index in [4.69, 9.17) is 14.2 Å². The topological polar surface area (TPSA) is 73.9 Å². The van der Waals surface area contributed by atoms with Gasteiger partial charge in [-0.15, -0.1) is 0 Å². The first-order chi connectivity index (χ1) is 13.5. The molecule has 1 aliphatic heterocycles. The molecule has 0 saturated heterocycles. The van der Waals surface area contributed by atoms with Crippen LogP contribution in [-0.4, -0.2) is 36.7 Å². The predicted octanol–water partition coefficient (Wildman–Crippen LogP) is 3.41. The smallest absolute Gasteiger partial charge is 0.331 e. The highest BCUT2D eigenvalue weighted by Crippen LogP contribution is 2.36. The summed E-state index contributed by atoms with van der Waals surface area (Å²) in [5.74, 6) is 0.898. The zero-order valence-electron chi connectivity index (χ0n) is 16.9. The summed E-state index contributed by atoms with van der Waals surface area (Å²) >= 11 is 0. The second-order valence-corrected chi connectivity index (χ2v) is 7.40. The van der Waals surface area contributed by atoms with Gasteiger partial charge in [-0.3, -0.25) is 4.79 Å². The van der Waals surface area contributed by atoms with E-state index >= 15 is 0 Å².